The molecule has 3 aromatic rings. The first-order valence-corrected chi connectivity index (χ1v) is 11.5. The molecule has 7 nitrogen and oxygen atoms in total. The molecule has 1 saturated heterocycles. The van der Waals surface area contributed by atoms with Crippen molar-refractivity contribution in [3.8, 4) is 0 Å². The topological polar surface area (TPSA) is 95.2 Å². The fraction of sp³-hybridized carbons (Fsp3) is 0.364. The molecule has 1 unspecified atom stereocenters. The number of pyridine rings is 1. The van der Waals surface area contributed by atoms with E-state index in [4.69, 9.17) is 0 Å². The van der Waals surface area contributed by atoms with E-state index in [1.54, 1.807) is 36.5 Å². The lowest BCUT2D eigenvalue weighted by molar-refractivity contribution is -0.114. The molecule has 2 aromatic heterocycles. The fourth-order valence-electron chi connectivity index (χ4n) is 4.14. The van der Waals surface area contributed by atoms with Crippen molar-refractivity contribution < 1.29 is 13.2 Å². The molecule has 0 spiro atoms. The van der Waals surface area contributed by atoms with Crippen molar-refractivity contribution in [2.24, 2.45) is 0 Å². The number of sulfonamides is 1. The number of nitrogens with zero attached hydrogens (tertiary/aromatic N) is 2. The minimum atomic E-state index is -3.64. The minimum absolute atomic E-state index is 0.0998. The summed E-state index contributed by atoms with van der Waals surface area (Å²) in [5, 5.41) is 2.76. The smallest absolute Gasteiger partial charge is 0.243 e. The highest BCUT2D eigenvalue weighted by atomic mass is 32.2. The second kappa shape index (κ2) is 7.85. The Hall–Kier alpha value is -2.71. The Balaban J connectivity index is 1.62. The Bertz CT molecular complexity index is 1180. The maximum absolute atomic E-state index is 13.5. The van der Waals surface area contributed by atoms with Gasteiger partial charge in [-0.2, -0.15) is 4.31 Å². The van der Waals surface area contributed by atoms with Gasteiger partial charge in [0.25, 0.3) is 0 Å². The minimum Gasteiger partial charge on any atom is -0.357 e. The number of hydrogen-bond acceptors (Lipinski definition) is 4. The first-order chi connectivity index (χ1) is 14.3. The number of amides is 1. The van der Waals surface area contributed by atoms with Crippen LogP contribution < -0.4 is 5.32 Å². The molecule has 1 fully saturated rings. The molecule has 0 saturated carbocycles. The first-order valence-electron chi connectivity index (χ1n) is 10.1. The lowest BCUT2D eigenvalue weighted by Gasteiger charge is -2.32. The van der Waals surface area contributed by atoms with Crippen molar-refractivity contribution in [3.63, 3.8) is 0 Å². The molecule has 0 aliphatic carbocycles. The van der Waals surface area contributed by atoms with Crippen molar-refractivity contribution in [2.75, 3.05) is 18.4 Å². The second-order valence-corrected chi connectivity index (χ2v) is 9.88. The van der Waals surface area contributed by atoms with Crippen LogP contribution in [0.3, 0.4) is 0 Å². The second-order valence-electron chi connectivity index (χ2n) is 7.98. The molecular formula is C22H26N4O3S. The molecule has 0 bridgehead atoms. The van der Waals surface area contributed by atoms with Crippen LogP contribution in [-0.2, 0) is 14.8 Å². The molecular weight excluding hydrogens is 400 g/mol. The van der Waals surface area contributed by atoms with Gasteiger partial charge in [-0.05, 0) is 68.1 Å². The molecule has 2 N–H and O–H groups in total. The van der Waals surface area contributed by atoms with Gasteiger partial charge < -0.3 is 10.3 Å². The van der Waals surface area contributed by atoms with Gasteiger partial charge in [0, 0.05) is 43.5 Å². The Morgan fingerprint density at radius 2 is 2.03 bits per heavy atom. The van der Waals surface area contributed by atoms with Gasteiger partial charge in [0.15, 0.2) is 0 Å². The zero-order valence-corrected chi connectivity index (χ0v) is 18.2. The van der Waals surface area contributed by atoms with Crippen LogP contribution in [0, 0.1) is 13.8 Å². The van der Waals surface area contributed by atoms with E-state index in [0.717, 1.165) is 35.1 Å². The van der Waals surface area contributed by atoms with Crippen molar-refractivity contribution >= 4 is 32.7 Å². The van der Waals surface area contributed by atoms with Gasteiger partial charge in [-0.3, -0.25) is 9.78 Å². The number of hydrogen-bond donors (Lipinski definition) is 2. The molecule has 30 heavy (non-hydrogen) atoms. The van der Waals surface area contributed by atoms with E-state index >= 15 is 0 Å². The van der Waals surface area contributed by atoms with Gasteiger partial charge in [0.05, 0.1) is 15.9 Å². The van der Waals surface area contributed by atoms with Crippen LogP contribution in [0.5, 0.6) is 0 Å². The Labute approximate surface area is 176 Å². The third-order valence-electron chi connectivity index (χ3n) is 5.68. The van der Waals surface area contributed by atoms with Gasteiger partial charge in [-0.15, -0.1) is 0 Å². The van der Waals surface area contributed by atoms with Crippen molar-refractivity contribution in [2.45, 2.75) is 44.4 Å². The summed E-state index contributed by atoms with van der Waals surface area (Å²) in [4.78, 5) is 19.5. The van der Waals surface area contributed by atoms with Crippen LogP contribution >= 0.6 is 0 Å². The zero-order chi connectivity index (χ0) is 21.5. The van der Waals surface area contributed by atoms with E-state index in [1.807, 2.05) is 18.2 Å². The SMILES string of the molecule is CC(=O)Nc1cc(C)c(S(=O)(=O)N2CCCC(c3cc4ncccc4[nH]3)C2)cc1C. The van der Waals surface area contributed by atoms with Crippen LogP contribution in [0.1, 0.15) is 42.5 Å². The summed E-state index contributed by atoms with van der Waals surface area (Å²) < 4.78 is 28.5. The first kappa shape index (κ1) is 20.6. The maximum atomic E-state index is 13.5. The summed E-state index contributed by atoms with van der Waals surface area (Å²) >= 11 is 0. The molecule has 1 amide bonds. The molecule has 1 atom stereocenters. The van der Waals surface area contributed by atoms with Crippen LogP contribution in [0.15, 0.2) is 41.4 Å². The quantitative estimate of drug-likeness (QED) is 0.665. The van der Waals surface area contributed by atoms with E-state index in [1.165, 1.54) is 6.92 Å². The number of aromatic amines is 1. The molecule has 0 radical (unpaired) electrons. The van der Waals surface area contributed by atoms with Crippen LogP contribution in [0.2, 0.25) is 0 Å². The molecule has 3 heterocycles. The lowest BCUT2D eigenvalue weighted by atomic mass is 9.96. The van der Waals surface area contributed by atoms with Crippen LogP contribution in [0.25, 0.3) is 11.0 Å². The van der Waals surface area contributed by atoms with Gasteiger partial charge in [0.2, 0.25) is 15.9 Å². The largest absolute Gasteiger partial charge is 0.357 e. The summed E-state index contributed by atoms with van der Waals surface area (Å²) in [5.74, 6) is -0.0809. The summed E-state index contributed by atoms with van der Waals surface area (Å²) in [6.07, 6.45) is 3.49. The van der Waals surface area contributed by atoms with Gasteiger partial charge in [-0.25, -0.2) is 8.42 Å². The van der Waals surface area contributed by atoms with E-state index in [-0.39, 0.29) is 11.8 Å². The van der Waals surface area contributed by atoms with E-state index in [0.29, 0.717) is 29.2 Å². The standard InChI is InChI=1S/C22H26N4O3S/c1-14-11-22(15(2)10-19(14)24-16(3)27)30(28,29)26-9-5-6-17(13-26)20-12-21-18(25-20)7-4-8-23-21/h4,7-8,10-12,17,25H,5-6,9,13H2,1-3H3,(H,24,27). The van der Waals surface area contributed by atoms with Crippen LogP contribution in [-0.4, -0.2) is 41.7 Å². The average Bonchev–Trinajstić information content (AvgIpc) is 3.14. The highest BCUT2D eigenvalue weighted by molar-refractivity contribution is 7.89. The van der Waals surface area contributed by atoms with Gasteiger partial charge in [0.1, 0.15) is 0 Å². The lowest BCUT2D eigenvalue weighted by Crippen LogP contribution is -2.39. The number of piperidine rings is 1. The van der Waals surface area contributed by atoms with Crippen molar-refractivity contribution in [3.05, 3.63) is 53.3 Å². The number of carbonyl (C=O) groups excluding carboxylic acids is 1. The maximum Gasteiger partial charge on any atom is 0.243 e. The third kappa shape index (κ3) is 3.85. The highest BCUT2D eigenvalue weighted by Gasteiger charge is 2.32. The summed E-state index contributed by atoms with van der Waals surface area (Å²) in [6, 6.07) is 9.27. The van der Waals surface area contributed by atoms with E-state index < -0.39 is 10.0 Å². The number of H-pyrrole nitrogens is 1. The number of fused-ring (bicyclic) bond motifs is 1. The number of rotatable bonds is 4. The monoisotopic (exact) mass is 426 g/mol. The molecule has 1 aliphatic rings. The van der Waals surface area contributed by atoms with Gasteiger partial charge >= 0.3 is 0 Å². The van der Waals surface area contributed by atoms with Crippen LogP contribution in [0.4, 0.5) is 5.69 Å². The zero-order valence-electron chi connectivity index (χ0n) is 17.4. The fourth-order valence-corrected chi connectivity index (χ4v) is 5.96. The predicted octanol–water partition coefficient (Wildman–Crippen LogP) is 3.71. The normalized spacial score (nSPS) is 17.9. The summed E-state index contributed by atoms with van der Waals surface area (Å²) in [5.41, 5.74) is 4.88. The number of anilines is 1. The molecule has 4 rings (SSSR count). The molecule has 8 heteroatoms. The summed E-state index contributed by atoms with van der Waals surface area (Å²) in [7, 11) is -3.64. The van der Waals surface area contributed by atoms with Crippen molar-refractivity contribution in [1.29, 1.82) is 0 Å². The number of benzene rings is 1. The Kier molecular flexibility index (Phi) is 5.38. The third-order valence-corrected chi connectivity index (χ3v) is 7.69. The molecule has 158 valence electrons. The number of aromatic nitrogens is 2. The number of nitrogens with one attached hydrogen (secondary N) is 2. The number of aryl methyl sites for hydroxylation is 2. The average molecular weight is 427 g/mol. The predicted molar refractivity (Wildman–Crippen MR) is 117 cm³/mol. The highest BCUT2D eigenvalue weighted by Crippen LogP contribution is 2.33. The Morgan fingerprint density at radius 1 is 1.23 bits per heavy atom. The van der Waals surface area contributed by atoms with E-state index in [9.17, 15) is 13.2 Å². The Morgan fingerprint density at radius 3 is 2.77 bits per heavy atom. The van der Waals surface area contributed by atoms with Crippen molar-refractivity contribution in [1.82, 2.24) is 14.3 Å². The summed E-state index contributed by atoms with van der Waals surface area (Å²) in [6.45, 7) is 5.94. The van der Waals surface area contributed by atoms with Gasteiger partial charge in [-0.1, -0.05) is 0 Å². The molecule has 1 aromatic carbocycles. The number of carbonyl (C=O) groups is 1. The van der Waals surface area contributed by atoms with E-state index in [2.05, 4.69) is 15.3 Å². The molecule has 1 aliphatic heterocycles.